The monoisotopic (exact) mass is 489 g/mol. The Balaban J connectivity index is 0.00000289. The van der Waals surface area contributed by atoms with Crippen molar-refractivity contribution in [2.45, 2.75) is 38.1 Å². The predicted octanol–water partition coefficient (Wildman–Crippen LogP) is 6.84. The van der Waals surface area contributed by atoms with E-state index >= 15 is 0 Å². The summed E-state index contributed by atoms with van der Waals surface area (Å²) in [5.74, 6) is 1.42. The van der Waals surface area contributed by atoms with Gasteiger partial charge in [-0.3, -0.25) is 0 Å². The number of benzene rings is 4. The van der Waals surface area contributed by atoms with Crippen LogP contribution in [-0.2, 0) is 6.42 Å². The van der Waals surface area contributed by atoms with Crippen LogP contribution in [0.5, 0.6) is 17.2 Å². The van der Waals surface area contributed by atoms with Gasteiger partial charge >= 0.3 is 0 Å². The summed E-state index contributed by atoms with van der Waals surface area (Å²) in [6.45, 7) is 1.86. The lowest BCUT2D eigenvalue weighted by atomic mass is 9.90. The fourth-order valence-electron chi connectivity index (χ4n) is 4.88. The molecule has 1 aliphatic rings. The molecule has 1 unspecified atom stereocenters. The van der Waals surface area contributed by atoms with Gasteiger partial charge in [-0.2, -0.15) is 0 Å². The number of hydrogen-bond acceptors (Lipinski definition) is 4. The molecule has 5 heteroatoms. The summed E-state index contributed by atoms with van der Waals surface area (Å²) in [5, 5.41) is 25.4. The highest BCUT2D eigenvalue weighted by Crippen LogP contribution is 2.34. The van der Waals surface area contributed by atoms with Gasteiger partial charge in [0.1, 0.15) is 17.2 Å². The van der Waals surface area contributed by atoms with E-state index in [1.54, 1.807) is 24.3 Å². The van der Waals surface area contributed by atoms with E-state index in [0.717, 1.165) is 53.6 Å². The van der Waals surface area contributed by atoms with Gasteiger partial charge in [-0.25, -0.2) is 0 Å². The highest BCUT2D eigenvalue weighted by atomic mass is 35.5. The number of phenols is 2. The summed E-state index contributed by atoms with van der Waals surface area (Å²) >= 11 is 0. The quantitative estimate of drug-likeness (QED) is 0.266. The van der Waals surface area contributed by atoms with Gasteiger partial charge in [-0.15, -0.1) is 12.4 Å². The molecule has 3 N–H and O–H groups in total. The third-order valence-electron chi connectivity index (χ3n) is 6.74. The number of aromatic hydroxyl groups is 2. The van der Waals surface area contributed by atoms with Crippen LogP contribution in [0.15, 0.2) is 78.9 Å². The average molecular weight is 490 g/mol. The van der Waals surface area contributed by atoms with Gasteiger partial charge in [0, 0.05) is 6.04 Å². The molecule has 35 heavy (non-hydrogen) atoms. The lowest BCUT2D eigenvalue weighted by Crippen LogP contribution is -2.35. The molecule has 1 atom stereocenters. The van der Waals surface area contributed by atoms with Gasteiger partial charge in [0.15, 0.2) is 0 Å². The molecule has 1 saturated heterocycles. The molecule has 0 bridgehead atoms. The van der Waals surface area contributed by atoms with Gasteiger partial charge in [0.05, 0.1) is 6.61 Å². The molecular formula is C30H32ClNO3. The first-order valence-corrected chi connectivity index (χ1v) is 12.1. The fraction of sp³-hybridized carbons (Fsp3) is 0.267. The summed E-state index contributed by atoms with van der Waals surface area (Å²) in [4.78, 5) is 0. The van der Waals surface area contributed by atoms with Crippen LogP contribution >= 0.6 is 12.4 Å². The Morgan fingerprint density at radius 2 is 1.60 bits per heavy atom. The Kier molecular flexibility index (Phi) is 8.17. The maximum Gasteiger partial charge on any atom is 0.119 e. The SMILES string of the molecule is Cl.Oc1ccc(-c2ccc3cc(O)ccc3c2Cc2ccc(OCCC3CCCCN3)cc2)cc1. The van der Waals surface area contributed by atoms with E-state index in [4.69, 9.17) is 4.74 Å². The Morgan fingerprint density at radius 1 is 0.829 bits per heavy atom. The van der Waals surface area contributed by atoms with E-state index in [2.05, 4.69) is 35.6 Å². The molecule has 0 radical (unpaired) electrons. The minimum Gasteiger partial charge on any atom is -0.508 e. The standard InChI is InChI=1S/C30H31NO3.ClH/c32-25-9-6-22(7-10-25)28-14-8-23-20-26(33)11-15-29(23)30(28)19-21-4-12-27(13-5-21)34-18-16-24-3-1-2-17-31-24;/h4-15,20,24,31-33H,1-3,16-19H2;1H. The Morgan fingerprint density at radius 3 is 2.34 bits per heavy atom. The van der Waals surface area contributed by atoms with E-state index in [-0.39, 0.29) is 23.9 Å². The van der Waals surface area contributed by atoms with E-state index in [9.17, 15) is 10.2 Å². The molecule has 0 saturated carbocycles. The third kappa shape index (κ3) is 6.08. The molecule has 0 aliphatic carbocycles. The topological polar surface area (TPSA) is 61.7 Å². The zero-order valence-electron chi connectivity index (χ0n) is 19.7. The van der Waals surface area contributed by atoms with Crippen molar-refractivity contribution in [3.63, 3.8) is 0 Å². The fourth-order valence-corrected chi connectivity index (χ4v) is 4.88. The van der Waals surface area contributed by atoms with Gasteiger partial charge in [-0.1, -0.05) is 48.9 Å². The third-order valence-corrected chi connectivity index (χ3v) is 6.74. The van der Waals surface area contributed by atoms with Crippen LogP contribution in [0, 0.1) is 0 Å². The van der Waals surface area contributed by atoms with Gasteiger partial charge in [0.2, 0.25) is 0 Å². The van der Waals surface area contributed by atoms with E-state index < -0.39 is 0 Å². The number of fused-ring (bicyclic) bond motifs is 1. The first-order chi connectivity index (χ1) is 16.7. The highest BCUT2D eigenvalue weighted by Gasteiger charge is 2.13. The number of piperidine rings is 1. The molecule has 4 nitrogen and oxygen atoms in total. The van der Waals surface area contributed by atoms with Crippen LogP contribution in [0.2, 0.25) is 0 Å². The molecule has 4 aromatic carbocycles. The van der Waals surface area contributed by atoms with Crippen LogP contribution in [0.25, 0.3) is 21.9 Å². The summed E-state index contributed by atoms with van der Waals surface area (Å²) < 4.78 is 6.01. The molecule has 1 aliphatic heterocycles. The largest absolute Gasteiger partial charge is 0.508 e. The van der Waals surface area contributed by atoms with Crippen molar-refractivity contribution >= 4 is 23.2 Å². The molecule has 0 aromatic heterocycles. The van der Waals surface area contributed by atoms with Crippen molar-refractivity contribution < 1.29 is 14.9 Å². The maximum atomic E-state index is 9.97. The van der Waals surface area contributed by atoms with E-state index in [1.165, 1.54) is 30.4 Å². The van der Waals surface area contributed by atoms with E-state index in [1.807, 2.05) is 24.3 Å². The number of nitrogens with one attached hydrogen (secondary N) is 1. The molecular weight excluding hydrogens is 458 g/mol. The second kappa shape index (κ2) is 11.5. The summed E-state index contributed by atoms with van der Waals surface area (Å²) in [6, 6.07) is 25.9. The first-order valence-electron chi connectivity index (χ1n) is 12.1. The first kappa shape index (κ1) is 24.9. The van der Waals surface area contributed by atoms with Crippen LogP contribution < -0.4 is 10.1 Å². The zero-order valence-corrected chi connectivity index (χ0v) is 20.6. The maximum absolute atomic E-state index is 9.97. The molecule has 1 fully saturated rings. The number of rotatable bonds is 7. The molecule has 5 rings (SSSR count). The van der Waals surface area contributed by atoms with Crippen LogP contribution in [-0.4, -0.2) is 29.4 Å². The van der Waals surface area contributed by atoms with Gasteiger partial charge in [-0.05, 0) is 102 Å². The number of phenolic OH excluding ortho intramolecular Hbond substituents is 2. The van der Waals surface area contributed by atoms with Gasteiger partial charge < -0.3 is 20.3 Å². The van der Waals surface area contributed by atoms with Crippen LogP contribution in [0.4, 0.5) is 0 Å². The lowest BCUT2D eigenvalue weighted by Gasteiger charge is -2.23. The highest BCUT2D eigenvalue weighted by molar-refractivity contribution is 5.93. The van der Waals surface area contributed by atoms with Gasteiger partial charge in [0.25, 0.3) is 0 Å². The Bertz CT molecular complexity index is 1250. The Labute approximate surface area is 213 Å². The van der Waals surface area contributed by atoms with Crippen molar-refractivity contribution in [3.05, 3.63) is 90.0 Å². The van der Waals surface area contributed by atoms with Crippen molar-refractivity contribution in [1.29, 1.82) is 0 Å². The molecule has 0 spiro atoms. The number of ether oxygens (including phenoxy) is 1. The van der Waals surface area contributed by atoms with Crippen LogP contribution in [0.3, 0.4) is 0 Å². The molecule has 182 valence electrons. The summed E-state index contributed by atoms with van der Waals surface area (Å²) in [7, 11) is 0. The zero-order chi connectivity index (χ0) is 23.3. The normalized spacial score (nSPS) is 15.5. The summed E-state index contributed by atoms with van der Waals surface area (Å²) in [5.41, 5.74) is 4.57. The van der Waals surface area contributed by atoms with Crippen molar-refractivity contribution in [3.8, 4) is 28.4 Å². The second-order valence-electron chi connectivity index (χ2n) is 9.15. The number of hydrogen-bond donors (Lipinski definition) is 3. The number of halogens is 1. The minimum atomic E-state index is 0. The molecule has 4 aromatic rings. The predicted molar refractivity (Wildman–Crippen MR) is 145 cm³/mol. The Hall–Kier alpha value is -3.21. The summed E-state index contributed by atoms with van der Waals surface area (Å²) in [6.07, 6.45) is 5.64. The van der Waals surface area contributed by atoms with E-state index in [0.29, 0.717) is 6.04 Å². The lowest BCUT2D eigenvalue weighted by molar-refractivity contribution is 0.268. The molecule has 1 heterocycles. The minimum absolute atomic E-state index is 0. The van der Waals surface area contributed by atoms with Crippen molar-refractivity contribution in [2.75, 3.05) is 13.2 Å². The molecule has 0 amide bonds. The van der Waals surface area contributed by atoms with Crippen molar-refractivity contribution in [1.82, 2.24) is 5.32 Å². The smallest absolute Gasteiger partial charge is 0.119 e. The average Bonchev–Trinajstić information content (AvgIpc) is 2.86. The van der Waals surface area contributed by atoms with Crippen molar-refractivity contribution in [2.24, 2.45) is 0 Å². The second-order valence-corrected chi connectivity index (χ2v) is 9.15. The van der Waals surface area contributed by atoms with Crippen LogP contribution in [0.1, 0.15) is 36.8 Å².